The summed E-state index contributed by atoms with van der Waals surface area (Å²) in [4.78, 5) is 0. The second kappa shape index (κ2) is 7.05. The van der Waals surface area contributed by atoms with Gasteiger partial charge in [-0.15, -0.1) is 0 Å². The Morgan fingerprint density at radius 2 is 1.95 bits per heavy atom. The first-order valence-electron chi connectivity index (χ1n) is 8.00. The second-order valence-corrected chi connectivity index (χ2v) is 6.42. The Hall–Kier alpha value is -0.120. The molecule has 0 spiro atoms. The van der Waals surface area contributed by atoms with Gasteiger partial charge < -0.3 is 14.6 Å². The first-order valence-corrected chi connectivity index (χ1v) is 8.00. The normalized spacial score (nSPS) is 42.3. The minimum Gasteiger partial charge on any atom is -0.394 e. The van der Waals surface area contributed by atoms with Gasteiger partial charge in [-0.2, -0.15) is 0 Å². The summed E-state index contributed by atoms with van der Waals surface area (Å²) in [5.41, 5.74) is 0. The number of ether oxygens (including phenoxy) is 2. The van der Waals surface area contributed by atoms with E-state index in [2.05, 4.69) is 20.8 Å². The smallest absolute Gasteiger partial charge is 0.147 e. The van der Waals surface area contributed by atoms with Crippen LogP contribution in [-0.2, 0) is 9.47 Å². The Kier molecular flexibility index (Phi) is 5.67. The summed E-state index contributed by atoms with van der Waals surface area (Å²) in [5.74, 6) is 4.03. The van der Waals surface area contributed by atoms with Gasteiger partial charge in [0.25, 0.3) is 0 Å². The number of aliphatic hydroxyl groups excluding tert-OH is 1. The molecule has 2 aliphatic carbocycles. The Balaban J connectivity index is 1.94. The maximum atomic E-state index is 8.72. The number of fused-ring (bicyclic) bond motifs is 1. The summed E-state index contributed by atoms with van der Waals surface area (Å²) in [5, 5.41) is 8.72. The maximum absolute atomic E-state index is 8.72. The molecule has 0 aromatic rings. The van der Waals surface area contributed by atoms with Gasteiger partial charge in [0.2, 0.25) is 0 Å². The molecular weight excluding hydrogens is 240 g/mol. The van der Waals surface area contributed by atoms with Crippen molar-refractivity contribution in [3.63, 3.8) is 0 Å². The molecule has 1 N–H and O–H groups in total. The zero-order valence-electron chi connectivity index (χ0n) is 12.7. The van der Waals surface area contributed by atoms with Gasteiger partial charge in [-0.05, 0) is 42.4 Å². The fraction of sp³-hybridized carbons (Fsp3) is 1.00. The fourth-order valence-electron chi connectivity index (χ4n) is 4.84. The van der Waals surface area contributed by atoms with Gasteiger partial charge in [-0.1, -0.05) is 33.6 Å². The van der Waals surface area contributed by atoms with Gasteiger partial charge in [0.05, 0.1) is 19.3 Å². The van der Waals surface area contributed by atoms with Crippen LogP contribution in [0, 0.1) is 29.6 Å². The van der Waals surface area contributed by atoms with Crippen LogP contribution in [0.5, 0.6) is 0 Å². The van der Waals surface area contributed by atoms with Crippen LogP contribution in [0.25, 0.3) is 0 Å². The van der Waals surface area contributed by atoms with E-state index >= 15 is 0 Å². The molecule has 0 aliphatic heterocycles. The molecule has 0 bridgehead atoms. The van der Waals surface area contributed by atoms with Crippen LogP contribution in [0.4, 0.5) is 0 Å². The fourth-order valence-corrected chi connectivity index (χ4v) is 4.84. The lowest BCUT2D eigenvalue weighted by atomic mass is 9.74. The van der Waals surface area contributed by atoms with Crippen molar-refractivity contribution in [2.45, 2.75) is 52.6 Å². The first kappa shape index (κ1) is 15.3. The minimum absolute atomic E-state index is 0.0748. The average molecular weight is 270 g/mol. The third-order valence-electron chi connectivity index (χ3n) is 5.66. The van der Waals surface area contributed by atoms with Crippen LogP contribution in [-0.4, -0.2) is 31.2 Å². The van der Waals surface area contributed by atoms with Crippen molar-refractivity contribution < 1.29 is 14.6 Å². The van der Waals surface area contributed by atoms with E-state index in [1.165, 1.54) is 25.7 Å². The van der Waals surface area contributed by atoms with Crippen LogP contribution in [0.2, 0.25) is 0 Å². The lowest BCUT2D eigenvalue weighted by molar-refractivity contribution is -0.132. The van der Waals surface area contributed by atoms with Crippen molar-refractivity contribution in [2.75, 3.05) is 20.0 Å². The topological polar surface area (TPSA) is 38.7 Å². The van der Waals surface area contributed by atoms with E-state index in [1.807, 2.05) is 0 Å². The van der Waals surface area contributed by atoms with Crippen molar-refractivity contribution in [3.8, 4) is 0 Å². The van der Waals surface area contributed by atoms with Crippen molar-refractivity contribution in [1.82, 2.24) is 0 Å². The van der Waals surface area contributed by atoms with E-state index in [-0.39, 0.29) is 6.61 Å². The van der Waals surface area contributed by atoms with E-state index in [9.17, 15) is 0 Å². The van der Waals surface area contributed by atoms with Crippen molar-refractivity contribution >= 4 is 0 Å². The summed E-state index contributed by atoms with van der Waals surface area (Å²) in [6, 6.07) is 0. The third kappa shape index (κ3) is 3.14. The van der Waals surface area contributed by atoms with Gasteiger partial charge in [-0.25, -0.2) is 0 Å². The van der Waals surface area contributed by atoms with Crippen molar-refractivity contribution in [3.05, 3.63) is 0 Å². The first-order chi connectivity index (χ1) is 9.20. The molecule has 0 aromatic heterocycles. The molecule has 0 aromatic carbocycles. The highest BCUT2D eigenvalue weighted by atomic mass is 16.7. The molecule has 0 heterocycles. The van der Waals surface area contributed by atoms with Crippen LogP contribution < -0.4 is 0 Å². The molecule has 0 amide bonds. The molecule has 3 nitrogen and oxygen atoms in total. The molecule has 112 valence electrons. The monoisotopic (exact) mass is 270 g/mol. The maximum Gasteiger partial charge on any atom is 0.147 e. The van der Waals surface area contributed by atoms with Gasteiger partial charge in [0.1, 0.15) is 6.79 Å². The average Bonchev–Trinajstić information content (AvgIpc) is 2.67. The summed E-state index contributed by atoms with van der Waals surface area (Å²) in [7, 11) is 0. The summed E-state index contributed by atoms with van der Waals surface area (Å²) in [6.07, 6.45) is 5.51. The number of hydrogen-bond acceptors (Lipinski definition) is 3. The predicted molar refractivity (Wildman–Crippen MR) is 75.7 cm³/mol. The highest BCUT2D eigenvalue weighted by Crippen LogP contribution is 2.53. The van der Waals surface area contributed by atoms with E-state index < -0.39 is 0 Å². The molecule has 19 heavy (non-hydrogen) atoms. The summed E-state index contributed by atoms with van der Waals surface area (Å²) in [6.45, 7) is 7.99. The van der Waals surface area contributed by atoms with E-state index in [1.54, 1.807) is 0 Å². The van der Waals surface area contributed by atoms with Gasteiger partial charge in [-0.3, -0.25) is 0 Å². The molecule has 2 rings (SSSR count). The molecule has 0 saturated heterocycles. The minimum atomic E-state index is 0.0748. The molecule has 3 heteroatoms. The van der Waals surface area contributed by atoms with E-state index in [0.717, 1.165) is 23.7 Å². The quantitative estimate of drug-likeness (QED) is 0.595. The lowest BCUT2D eigenvalue weighted by Crippen LogP contribution is -2.36. The third-order valence-corrected chi connectivity index (χ3v) is 5.66. The standard InChI is InChI=1S/C16H30O3/c1-4-13-11(2)14-6-5-7-15(16(14)12(13)3)19-10-18-9-8-17/h11-17H,4-10H2,1-3H3/t11-,12?,13?,14?,15?,16?/m1/s1. The van der Waals surface area contributed by atoms with Crippen molar-refractivity contribution in [2.24, 2.45) is 29.6 Å². The number of rotatable bonds is 6. The summed E-state index contributed by atoms with van der Waals surface area (Å²) >= 11 is 0. The highest BCUT2D eigenvalue weighted by Gasteiger charge is 2.49. The molecular formula is C16H30O3. The Morgan fingerprint density at radius 1 is 1.16 bits per heavy atom. The molecule has 5 unspecified atom stereocenters. The molecule has 2 aliphatic rings. The van der Waals surface area contributed by atoms with Crippen LogP contribution in [0.3, 0.4) is 0 Å². The molecule has 0 radical (unpaired) electrons. The van der Waals surface area contributed by atoms with E-state index in [4.69, 9.17) is 14.6 Å². The lowest BCUT2D eigenvalue weighted by Gasteiger charge is -2.37. The van der Waals surface area contributed by atoms with Crippen molar-refractivity contribution in [1.29, 1.82) is 0 Å². The number of aliphatic hydroxyl groups is 1. The zero-order valence-corrected chi connectivity index (χ0v) is 12.7. The van der Waals surface area contributed by atoms with Crippen LogP contribution in [0.1, 0.15) is 46.5 Å². The Morgan fingerprint density at radius 3 is 2.63 bits per heavy atom. The molecule has 6 atom stereocenters. The second-order valence-electron chi connectivity index (χ2n) is 6.42. The largest absolute Gasteiger partial charge is 0.394 e. The van der Waals surface area contributed by atoms with Crippen LogP contribution in [0.15, 0.2) is 0 Å². The Labute approximate surface area is 117 Å². The predicted octanol–water partition coefficient (Wildman–Crippen LogP) is 3.07. The molecule has 2 saturated carbocycles. The van der Waals surface area contributed by atoms with Gasteiger partial charge in [0, 0.05) is 0 Å². The SMILES string of the molecule is CCC1C(C)C2C(OCOCCO)CCCC2[C@@H]1C. The van der Waals surface area contributed by atoms with E-state index in [0.29, 0.717) is 25.4 Å². The van der Waals surface area contributed by atoms with Gasteiger partial charge >= 0.3 is 0 Å². The number of hydrogen-bond donors (Lipinski definition) is 1. The molecule has 2 fully saturated rings. The van der Waals surface area contributed by atoms with Crippen LogP contribution >= 0.6 is 0 Å². The Bertz CT molecular complexity index is 269. The highest BCUT2D eigenvalue weighted by molar-refractivity contribution is 4.98. The summed E-state index contributed by atoms with van der Waals surface area (Å²) < 4.78 is 11.3. The zero-order chi connectivity index (χ0) is 13.8. The van der Waals surface area contributed by atoms with Gasteiger partial charge in [0.15, 0.2) is 0 Å².